The zero-order chi connectivity index (χ0) is 19.3. The summed E-state index contributed by atoms with van der Waals surface area (Å²) in [5, 5.41) is 11.2. The molecule has 0 saturated heterocycles. The Hall–Kier alpha value is -2.15. The van der Waals surface area contributed by atoms with Crippen LogP contribution in [0, 0.1) is 0 Å². The summed E-state index contributed by atoms with van der Waals surface area (Å²) in [6.45, 7) is 5.51. The van der Waals surface area contributed by atoms with Crippen molar-refractivity contribution in [1.82, 2.24) is 0 Å². The van der Waals surface area contributed by atoms with Gasteiger partial charge in [-0.3, -0.25) is 0 Å². The Labute approximate surface area is 160 Å². The van der Waals surface area contributed by atoms with Crippen LogP contribution in [0.15, 0.2) is 36.4 Å². The Morgan fingerprint density at radius 3 is 2.11 bits per heavy atom. The maximum absolute atomic E-state index is 12.1. The van der Waals surface area contributed by atoms with Gasteiger partial charge in [0.15, 0.2) is 0 Å². The number of carbonyl (C=O) groups is 1. The predicted octanol–water partition coefficient (Wildman–Crippen LogP) is 3.55. The molecular weight excluding hydrogens is 348 g/mol. The first-order chi connectivity index (χ1) is 13.2. The molecule has 2 aromatic carbocycles. The Balaban J connectivity index is 1.54. The fraction of sp³-hybridized carbons (Fsp3) is 0.476. The number of fused-ring (bicyclic) bond motifs is 1. The second-order valence-corrected chi connectivity index (χ2v) is 6.07. The van der Waals surface area contributed by atoms with Crippen molar-refractivity contribution in [2.45, 2.75) is 19.8 Å². The van der Waals surface area contributed by atoms with Crippen molar-refractivity contribution in [3.8, 4) is 5.75 Å². The quantitative estimate of drug-likeness (QED) is 0.426. The van der Waals surface area contributed by atoms with Gasteiger partial charge in [-0.1, -0.05) is 25.5 Å². The second kappa shape index (κ2) is 12.3. The first-order valence-corrected chi connectivity index (χ1v) is 9.34. The van der Waals surface area contributed by atoms with Crippen molar-refractivity contribution in [3.05, 3.63) is 42.0 Å². The Morgan fingerprint density at radius 2 is 1.41 bits per heavy atom. The molecule has 0 saturated carbocycles. The van der Waals surface area contributed by atoms with E-state index in [4.69, 9.17) is 18.9 Å². The molecule has 6 heteroatoms. The van der Waals surface area contributed by atoms with Gasteiger partial charge in [0.05, 0.1) is 38.6 Å². The Bertz CT molecular complexity index is 700. The zero-order valence-corrected chi connectivity index (χ0v) is 15.8. The third-order valence-corrected chi connectivity index (χ3v) is 3.91. The van der Waals surface area contributed by atoms with Gasteiger partial charge in [-0.2, -0.15) is 0 Å². The van der Waals surface area contributed by atoms with Gasteiger partial charge in [0.25, 0.3) is 0 Å². The summed E-state index contributed by atoms with van der Waals surface area (Å²) < 4.78 is 21.4. The van der Waals surface area contributed by atoms with Crippen LogP contribution >= 0.6 is 0 Å². The van der Waals surface area contributed by atoms with E-state index in [1.54, 1.807) is 36.4 Å². The van der Waals surface area contributed by atoms with Crippen LogP contribution < -0.4 is 0 Å². The summed E-state index contributed by atoms with van der Waals surface area (Å²) >= 11 is 0. The first kappa shape index (κ1) is 21.2. The van der Waals surface area contributed by atoms with Crippen molar-refractivity contribution in [3.63, 3.8) is 0 Å². The number of benzene rings is 2. The van der Waals surface area contributed by atoms with Gasteiger partial charge >= 0.3 is 5.97 Å². The minimum atomic E-state index is -0.394. The molecule has 0 atom stereocenters. The standard InChI is InChI=1S/C21H28O6/c1-2-3-8-24-9-10-25-11-12-26-13-14-27-21(23)19-5-4-18-16-20(22)7-6-17(18)15-19/h4-7,15-16,22H,2-3,8-14H2,1H3. The van der Waals surface area contributed by atoms with E-state index in [1.165, 1.54) is 0 Å². The molecule has 0 spiro atoms. The SMILES string of the molecule is CCCCOCCOCCOCCOC(=O)c1ccc2cc(O)ccc2c1. The van der Waals surface area contributed by atoms with Crippen LogP contribution in [-0.2, 0) is 18.9 Å². The van der Waals surface area contributed by atoms with Crippen LogP contribution in [0.2, 0.25) is 0 Å². The number of phenolic OH excluding ortho intramolecular Hbond substituents is 1. The lowest BCUT2D eigenvalue weighted by Crippen LogP contribution is -2.14. The highest BCUT2D eigenvalue weighted by Crippen LogP contribution is 2.21. The first-order valence-electron chi connectivity index (χ1n) is 9.34. The lowest BCUT2D eigenvalue weighted by molar-refractivity contribution is 0.000293. The van der Waals surface area contributed by atoms with Crippen molar-refractivity contribution in [1.29, 1.82) is 0 Å². The molecule has 0 bridgehead atoms. The Kier molecular flexibility index (Phi) is 9.62. The van der Waals surface area contributed by atoms with Gasteiger partial charge < -0.3 is 24.1 Å². The maximum Gasteiger partial charge on any atom is 0.338 e. The highest BCUT2D eigenvalue weighted by Gasteiger charge is 2.08. The van der Waals surface area contributed by atoms with Gasteiger partial charge in [-0.15, -0.1) is 0 Å². The minimum Gasteiger partial charge on any atom is -0.508 e. The number of aromatic hydroxyl groups is 1. The molecule has 0 amide bonds. The van der Waals surface area contributed by atoms with Crippen LogP contribution in [0.1, 0.15) is 30.1 Å². The minimum absolute atomic E-state index is 0.187. The predicted molar refractivity (Wildman–Crippen MR) is 103 cm³/mol. The van der Waals surface area contributed by atoms with Gasteiger partial charge in [-0.25, -0.2) is 4.79 Å². The fourth-order valence-corrected chi connectivity index (χ4v) is 2.43. The highest BCUT2D eigenvalue weighted by molar-refractivity contribution is 5.95. The van der Waals surface area contributed by atoms with Crippen LogP contribution in [-0.4, -0.2) is 57.3 Å². The smallest absolute Gasteiger partial charge is 0.338 e. The summed E-state index contributed by atoms with van der Waals surface area (Å²) in [5.74, 6) is -0.197. The number of unbranched alkanes of at least 4 members (excludes halogenated alkanes) is 1. The molecule has 1 N–H and O–H groups in total. The van der Waals surface area contributed by atoms with Gasteiger partial charge in [0, 0.05) is 6.61 Å². The van der Waals surface area contributed by atoms with E-state index in [0.717, 1.165) is 30.2 Å². The molecule has 0 aliphatic rings. The summed E-state index contributed by atoms with van der Waals surface area (Å²) in [6.07, 6.45) is 2.20. The zero-order valence-electron chi connectivity index (χ0n) is 15.8. The number of hydrogen-bond acceptors (Lipinski definition) is 6. The average Bonchev–Trinajstić information content (AvgIpc) is 2.68. The molecule has 0 radical (unpaired) electrons. The average molecular weight is 376 g/mol. The molecule has 6 nitrogen and oxygen atoms in total. The molecule has 27 heavy (non-hydrogen) atoms. The van der Waals surface area contributed by atoms with E-state index in [9.17, 15) is 9.90 Å². The number of esters is 1. The van der Waals surface area contributed by atoms with Gasteiger partial charge in [0.2, 0.25) is 0 Å². The van der Waals surface area contributed by atoms with Crippen LogP contribution in [0.4, 0.5) is 0 Å². The second-order valence-electron chi connectivity index (χ2n) is 6.07. The number of ether oxygens (including phenoxy) is 4. The van der Waals surface area contributed by atoms with E-state index in [1.807, 2.05) is 0 Å². The number of phenols is 1. The van der Waals surface area contributed by atoms with Gasteiger partial charge in [0.1, 0.15) is 12.4 Å². The fourth-order valence-electron chi connectivity index (χ4n) is 2.43. The molecule has 0 aromatic heterocycles. The molecule has 2 aromatic rings. The highest BCUT2D eigenvalue weighted by atomic mass is 16.6. The summed E-state index contributed by atoms with van der Waals surface area (Å²) in [7, 11) is 0. The molecule has 2 rings (SSSR count). The monoisotopic (exact) mass is 376 g/mol. The number of rotatable bonds is 13. The van der Waals surface area contributed by atoms with Crippen molar-refractivity contribution in [2.75, 3.05) is 46.2 Å². The van der Waals surface area contributed by atoms with Gasteiger partial charge in [-0.05, 0) is 41.5 Å². The van der Waals surface area contributed by atoms with E-state index >= 15 is 0 Å². The topological polar surface area (TPSA) is 74.2 Å². The van der Waals surface area contributed by atoms with Crippen molar-refractivity contribution < 1.29 is 28.8 Å². The third-order valence-electron chi connectivity index (χ3n) is 3.91. The molecule has 0 unspecified atom stereocenters. The molecule has 0 aliphatic carbocycles. The van der Waals surface area contributed by atoms with E-state index in [2.05, 4.69) is 6.92 Å². The Morgan fingerprint density at radius 1 is 0.815 bits per heavy atom. The lowest BCUT2D eigenvalue weighted by atomic mass is 10.1. The number of hydrogen-bond donors (Lipinski definition) is 1. The molecule has 0 fully saturated rings. The number of carbonyl (C=O) groups excluding carboxylic acids is 1. The largest absolute Gasteiger partial charge is 0.508 e. The van der Waals surface area contributed by atoms with Crippen LogP contribution in [0.3, 0.4) is 0 Å². The van der Waals surface area contributed by atoms with E-state index in [0.29, 0.717) is 38.6 Å². The molecule has 0 aliphatic heterocycles. The van der Waals surface area contributed by atoms with Crippen LogP contribution in [0.5, 0.6) is 5.75 Å². The van der Waals surface area contributed by atoms with E-state index < -0.39 is 5.97 Å². The summed E-state index contributed by atoms with van der Waals surface area (Å²) in [6, 6.07) is 10.2. The molecule has 148 valence electrons. The maximum atomic E-state index is 12.1. The van der Waals surface area contributed by atoms with Crippen molar-refractivity contribution in [2.24, 2.45) is 0 Å². The van der Waals surface area contributed by atoms with E-state index in [-0.39, 0.29) is 12.4 Å². The normalized spacial score (nSPS) is 11.0. The lowest BCUT2D eigenvalue weighted by Gasteiger charge is -2.08. The summed E-state index contributed by atoms with van der Waals surface area (Å²) in [5.41, 5.74) is 0.472. The van der Waals surface area contributed by atoms with Crippen LogP contribution in [0.25, 0.3) is 10.8 Å². The summed E-state index contributed by atoms with van der Waals surface area (Å²) in [4.78, 5) is 12.1. The molecule has 0 heterocycles. The van der Waals surface area contributed by atoms with Crippen molar-refractivity contribution >= 4 is 16.7 Å². The third kappa shape index (κ3) is 7.95. The molecular formula is C21H28O6.